The second-order valence-electron chi connectivity index (χ2n) is 6.39. The first kappa shape index (κ1) is 22.3. The number of aliphatic hydroxyl groups is 1. The quantitative estimate of drug-likeness (QED) is 0.212. The monoisotopic (exact) mass is 407 g/mol. The fourth-order valence-electron chi connectivity index (χ4n) is 2.67. The lowest BCUT2D eigenvalue weighted by molar-refractivity contribution is -0.140. The molecule has 10 heteroatoms. The van der Waals surface area contributed by atoms with Crippen LogP contribution in [-0.2, 0) is 19.1 Å². The van der Waals surface area contributed by atoms with Crippen LogP contribution in [0, 0.1) is 0 Å². The van der Waals surface area contributed by atoms with Crippen LogP contribution in [0.15, 0.2) is 34.0 Å². The molecule has 2 rings (SSSR count). The highest BCUT2D eigenvalue weighted by molar-refractivity contribution is 5.91. The van der Waals surface area contributed by atoms with E-state index < -0.39 is 23.6 Å². The van der Waals surface area contributed by atoms with Crippen LogP contribution in [0.25, 0.3) is 6.08 Å². The first-order valence-corrected chi connectivity index (χ1v) is 9.27. The van der Waals surface area contributed by atoms with Gasteiger partial charge in [0, 0.05) is 25.2 Å². The van der Waals surface area contributed by atoms with Gasteiger partial charge in [-0.2, -0.15) is 0 Å². The van der Waals surface area contributed by atoms with Gasteiger partial charge in [-0.05, 0) is 25.0 Å². The maximum atomic E-state index is 12.0. The third-order valence-electron chi connectivity index (χ3n) is 4.25. The van der Waals surface area contributed by atoms with Crippen molar-refractivity contribution in [3.63, 3.8) is 0 Å². The Morgan fingerprint density at radius 2 is 2.10 bits per heavy atom. The second kappa shape index (κ2) is 11.1. The lowest BCUT2D eigenvalue weighted by Gasteiger charge is -2.15. The molecule has 29 heavy (non-hydrogen) atoms. The summed E-state index contributed by atoms with van der Waals surface area (Å²) in [5, 5.41) is 11.8. The number of H-pyrrole nitrogens is 1. The minimum absolute atomic E-state index is 0.113. The molecule has 0 saturated carbocycles. The number of aromatic amines is 1. The van der Waals surface area contributed by atoms with E-state index in [1.54, 1.807) is 12.2 Å². The SMILES string of the molecule is COC(=O)CCCCCNC(=O)/C=C/c1cn([C@H]2C=C[C@@H](CO)O2)c(=O)[nH]c1=O. The van der Waals surface area contributed by atoms with E-state index in [2.05, 4.69) is 15.0 Å². The minimum atomic E-state index is -0.748. The summed E-state index contributed by atoms with van der Waals surface area (Å²) < 4.78 is 11.2. The molecule has 0 aliphatic carbocycles. The Morgan fingerprint density at radius 3 is 2.79 bits per heavy atom. The molecule has 0 radical (unpaired) electrons. The Morgan fingerprint density at radius 1 is 1.31 bits per heavy atom. The van der Waals surface area contributed by atoms with Gasteiger partial charge in [-0.3, -0.25) is 23.9 Å². The van der Waals surface area contributed by atoms with Crippen LogP contribution < -0.4 is 16.6 Å². The van der Waals surface area contributed by atoms with E-state index in [4.69, 9.17) is 9.84 Å². The summed E-state index contributed by atoms with van der Waals surface area (Å²) in [4.78, 5) is 49.0. The number of unbranched alkanes of at least 4 members (excludes halogenated alkanes) is 2. The molecule has 2 atom stereocenters. The predicted molar refractivity (Wildman–Crippen MR) is 104 cm³/mol. The third-order valence-corrected chi connectivity index (χ3v) is 4.25. The van der Waals surface area contributed by atoms with E-state index in [0.717, 1.165) is 6.42 Å². The summed E-state index contributed by atoms with van der Waals surface area (Å²) in [6.07, 6.45) is 8.28. The second-order valence-corrected chi connectivity index (χ2v) is 6.39. The molecule has 0 spiro atoms. The van der Waals surface area contributed by atoms with Crippen molar-refractivity contribution in [3.8, 4) is 0 Å². The summed E-state index contributed by atoms with van der Waals surface area (Å²) in [7, 11) is 1.34. The van der Waals surface area contributed by atoms with Gasteiger partial charge in [0.2, 0.25) is 5.91 Å². The number of nitrogens with one attached hydrogen (secondary N) is 2. The Kier molecular flexibility index (Phi) is 8.56. The number of carbonyl (C=O) groups excluding carboxylic acids is 2. The normalized spacial score (nSPS) is 18.3. The van der Waals surface area contributed by atoms with Crippen LogP contribution >= 0.6 is 0 Å². The highest BCUT2D eigenvalue weighted by Crippen LogP contribution is 2.19. The average molecular weight is 407 g/mol. The van der Waals surface area contributed by atoms with Gasteiger partial charge in [-0.25, -0.2) is 4.79 Å². The molecule has 0 fully saturated rings. The summed E-state index contributed by atoms with van der Waals surface area (Å²) >= 11 is 0. The standard InChI is InChI=1S/C19H25N3O7/c1-28-17(25)5-3-2-4-10-20-15(24)8-6-13-11-22(19(27)21-18(13)26)16-9-7-14(12-23)29-16/h6-9,11,14,16,23H,2-5,10,12H2,1H3,(H,20,24)(H,21,26,27)/b8-6+/t14-,16+/m0/s1. The van der Waals surface area contributed by atoms with Gasteiger partial charge in [0.25, 0.3) is 5.56 Å². The fraction of sp³-hybridized carbons (Fsp3) is 0.474. The smallest absolute Gasteiger partial charge is 0.330 e. The number of aromatic nitrogens is 2. The number of methoxy groups -OCH3 is 1. The fourth-order valence-corrected chi connectivity index (χ4v) is 2.67. The van der Waals surface area contributed by atoms with Crippen molar-refractivity contribution in [3.05, 3.63) is 50.8 Å². The maximum absolute atomic E-state index is 12.0. The highest BCUT2D eigenvalue weighted by atomic mass is 16.5. The molecule has 0 saturated heterocycles. The van der Waals surface area contributed by atoms with Gasteiger partial charge >= 0.3 is 11.7 Å². The Bertz CT molecular complexity index is 885. The molecule has 1 aromatic rings. The van der Waals surface area contributed by atoms with Gasteiger partial charge in [-0.1, -0.05) is 12.5 Å². The number of aliphatic hydroxyl groups excluding tert-OH is 1. The number of esters is 1. The largest absolute Gasteiger partial charge is 0.469 e. The molecule has 158 valence electrons. The van der Waals surface area contributed by atoms with Crippen molar-refractivity contribution in [2.24, 2.45) is 0 Å². The molecule has 2 heterocycles. The van der Waals surface area contributed by atoms with Gasteiger partial charge in [0.15, 0.2) is 6.23 Å². The van der Waals surface area contributed by atoms with Crippen molar-refractivity contribution >= 4 is 18.0 Å². The number of carbonyl (C=O) groups is 2. The zero-order valence-electron chi connectivity index (χ0n) is 16.1. The van der Waals surface area contributed by atoms with E-state index in [9.17, 15) is 19.2 Å². The molecule has 1 aliphatic heterocycles. The highest BCUT2D eigenvalue weighted by Gasteiger charge is 2.21. The van der Waals surface area contributed by atoms with E-state index in [1.165, 1.54) is 30.0 Å². The van der Waals surface area contributed by atoms with Crippen molar-refractivity contribution in [2.75, 3.05) is 20.3 Å². The molecule has 3 N–H and O–H groups in total. The molecule has 1 aliphatic rings. The zero-order valence-corrected chi connectivity index (χ0v) is 16.1. The van der Waals surface area contributed by atoms with Gasteiger partial charge in [-0.15, -0.1) is 0 Å². The van der Waals surface area contributed by atoms with Crippen molar-refractivity contribution in [1.29, 1.82) is 0 Å². The Balaban J connectivity index is 1.88. The zero-order chi connectivity index (χ0) is 21.2. The van der Waals surface area contributed by atoms with Gasteiger partial charge in [0.05, 0.1) is 19.3 Å². The number of hydrogen-bond donors (Lipinski definition) is 3. The van der Waals surface area contributed by atoms with Crippen LogP contribution in [0.3, 0.4) is 0 Å². The van der Waals surface area contributed by atoms with Crippen molar-refractivity contribution < 1.29 is 24.2 Å². The molecule has 1 aromatic heterocycles. The number of rotatable bonds is 10. The molecule has 1 amide bonds. The molecule has 0 bridgehead atoms. The molecular formula is C19H25N3O7. The van der Waals surface area contributed by atoms with E-state index in [-0.39, 0.29) is 24.0 Å². The first-order valence-electron chi connectivity index (χ1n) is 9.27. The van der Waals surface area contributed by atoms with E-state index >= 15 is 0 Å². The van der Waals surface area contributed by atoms with Crippen LogP contribution in [0.2, 0.25) is 0 Å². The number of amides is 1. The van der Waals surface area contributed by atoms with Crippen LogP contribution in [0.4, 0.5) is 0 Å². The lowest BCUT2D eigenvalue weighted by atomic mass is 10.2. The number of nitrogens with zero attached hydrogens (tertiary/aromatic N) is 1. The topological polar surface area (TPSA) is 140 Å². The van der Waals surface area contributed by atoms with E-state index in [1.807, 2.05) is 0 Å². The first-order chi connectivity index (χ1) is 13.9. The summed E-state index contributed by atoms with van der Waals surface area (Å²) in [6.45, 7) is 0.212. The maximum Gasteiger partial charge on any atom is 0.330 e. The minimum Gasteiger partial charge on any atom is -0.469 e. The number of hydrogen-bond acceptors (Lipinski definition) is 7. The van der Waals surface area contributed by atoms with Gasteiger partial charge in [0.1, 0.15) is 6.10 Å². The van der Waals surface area contributed by atoms with E-state index in [0.29, 0.717) is 25.8 Å². The Labute approximate surface area is 166 Å². The molecule has 0 aromatic carbocycles. The van der Waals surface area contributed by atoms with Crippen LogP contribution in [-0.4, -0.2) is 52.9 Å². The summed E-state index contributed by atoms with van der Waals surface area (Å²) in [6, 6.07) is 0. The predicted octanol–water partition coefficient (Wildman–Crippen LogP) is -0.155. The van der Waals surface area contributed by atoms with Crippen LogP contribution in [0.1, 0.15) is 37.5 Å². The third kappa shape index (κ3) is 6.84. The van der Waals surface area contributed by atoms with Crippen LogP contribution in [0.5, 0.6) is 0 Å². The summed E-state index contributed by atoms with van der Waals surface area (Å²) in [5.41, 5.74) is -1.17. The van der Waals surface area contributed by atoms with Crippen molar-refractivity contribution in [1.82, 2.24) is 14.9 Å². The lowest BCUT2D eigenvalue weighted by Crippen LogP contribution is -2.33. The molecular weight excluding hydrogens is 382 g/mol. The Hall–Kier alpha value is -2.98. The number of ether oxygens (including phenoxy) is 2. The summed E-state index contributed by atoms with van der Waals surface area (Å²) in [5.74, 6) is -0.638. The van der Waals surface area contributed by atoms with Gasteiger partial charge < -0.3 is 19.9 Å². The average Bonchev–Trinajstić information content (AvgIpc) is 3.18. The van der Waals surface area contributed by atoms with Crippen molar-refractivity contribution in [2.45, 2.75) is 38.0 Å². The molecule has 10 nitrogen and oxygen atoms in total. The molecule has 0 unspecified atom stereocenters.